The average molecular weight is 227 g/mol. The monoisotopic (exact) mass is 227 g/mol. The molecule has 0 amide bonds. The second-order valence-corrected chi connectivity index (χ2v) is 5.05. The maximum atomic E-state index is 12.0. The normalized spacial score (nSPS) is 31.1. The Kier molecular flexibility index (Phi) is 3.47. The molecule has 0 N–H and O–H groups in total. The maximum absolute atomic E-state index is 12.0. The van der Waals surface area contributed by atoms with Gasteiger partial charge in [-0.1, -0.05) is 11.3 Å². The van der Waals surface area contributed by atoms with E-state index in [-0.39, 0.29) is 5.25 Å². The van der Waals surface area contributed by atoms with Gasteiger partial charge in [0.05, 0.1) is 11.4 Å². The number of halogens is 3. The van der Waals surface area contributed by atoms with Crippen molar-refractivity contribution in [3.63, 3.8) is 0 Å². The van der Waals surface area contributed by atoms with Crippen molar-refractivity contribution < 1.29 is 17.7 Å². The smallest absolute Gasteiger partial charge is 0.433 e. The zero-order chi connectivity index (χ0) is 10.9. The first-order chi connectivity index (χ1) is 6.30. The van der Waals surface area contributed by atoms with Gasteiger partial charge in [-0.2, -0.15) is 13.2 Å². The highest BCUT2D eigenvalue weighted by molar-refractivity contribution is 7.90. The molecule has 0 aromatic carbocycles. The molecule has 14 heavy (non-hydrogen) atoms. The highest BCUT2D eigenvalue weighted by Gasteiger charge is 2.39. The Bertz CT molecular complexity index is 235. The lowest BCUT2D eigenvalue weighted by Crippen LogP contribution is -2.34. The van der Waals surface area contributed by atoms with Gasteiger partial charge in [-0.15, -0.1) is 0 Å². The van der Waals surface area contributed by atoms with Gasteiger partial charge >= 0.3 is 6.18 Å². The third-order valence-electron chi connectivity index (χ3n) is 2.25. The van der Waals surface area contributed by atoms with Crippen LogP contribution in [0.2, 0.25) is 0 Å². The maximum Gasteiger partial charge on any atom is 0.433 e. The lowest BCUT2D eigenvalue weighted by Gasteiger charge is -2.30. The van der Waals surface area contributed by atoms with Gasteiger partial charge in [0.25, 0.3) is 0 Å². The van der Waals surface area contributed by atoms with Crippen molar-refractivity contribution in [3.05, 3.63) is 0 Å². The van der Waals surface area contributed by atoms with Crippen LogP contribution in [0.4, 0.5) is 13.2 Å². The van der Waals surface area contributed by atoms with E-state index in [1.165, 1.54) is 0 Å². The van der Waals surface area contributed by atoms with Crippen LogP contribution in [0.25, 0.3) is 0 Å². The first-order valence-electron chi connectivity index (χ1n) is 4.34. The topological polar surface area (TPSA) is 35.4 Å². The van der Waals surface area contributed by atoms with Gasteiger partial charge in [-0.3, -0.25) is 0 Å². The van der Waals surface area contributed by atoms with E-state index in [2.05, 4.69) is 4.40 Å². The molecule has 0 aromatic heterocycles. The van der Waals surface area contributed by atoms with Crippen LogP contribution < -0.4 is 0 Å². The van der Waals surface area contributed by atoms with E-state index in [0.717, 1.165) is 6.92 Å². The minimum atomic E-state index is -4.45. The quantitative estimate of drug-likeness (QED) is 0.527. The molecular formula is C8H12F3NOS. The Morgan fingerprint density at radius 1 is 1.43 bits per heavy atom. The van der Waals surface area contributed by atoms with Crippen LogP contribution in [0.1, 0.15) is 26.7 Å². The van der Waals surface area contributed by atoms with E-state index in [0.29, 0.717) is 18.8 Å². The molecule has 0 aromatic rings. The summed E-state index contributed by atoms with van der Waals surface area (Å²) in [6, 6.07) is 0. The highest BCUT2D eigenvalue weighted by atomic mass is 32.2. The summed E-state index contributed by atoms with van der Waals surface area (Å²) >= 11 is -1.71. The Balaban J connectivity index is 2.50. The lowest BCUT2D eigenvalue weighted by molar-refractivity contribution is -0.0590. The Hall–Kier alpha value is -0.230. The van der Waals surface area contributed by atoms with Crippen LogP contribution in [0.3, 0.4) is 0 Å². The minimum Gasteiger partial charge on any atom is -0.591 e. The Labute approximate surface area is 83.9 Å². The summed E-state index contributed by atoms with van der Waals surface area (Å²) in [6.07, 6.45) is -3.03. The molecule has 1 rings (SSSR count). The van der Waals surface area contributed by atoms with Gasteiger partial charge in [-0.05, 0) is 12.8 Å². The number of hydrogen-bond acceptors (Lipinski definition) is 2. The molecule has 1 unspecified atom stereocenters. The van der Waals surface area contributed by atoms with E-state index < -0.39 is 23.2 Å². The van der Waals surface area contributed by atoms with Crippen LogP contribution in [0, 0.1) is 5.92 Å². The molecule has 0 aliphatic heterocycles. The summed E-state index contributed by atoms with van der Waals surface area (Å²) < 4.78 is 50.4. The first kappa shape index (κ1) is 11.8. The van der Waals surface area contributed by atoms with Gasteiger partial charge in [0.1, 0.15) is 5.25 Å². The van der Waals surface area contributed by atoms with Crippen LogP contribution in [0.15, 0.2) is 4.40 Å². The number of alkyl halides is 3. The Morgan fingerprint density at radius 2 is 1.93 bits per heavy atom. The molecule has 6 heteroatoms. The molecule has 1 aliphatic carbocycles. The molecule has 1 fully saturated rings. The SMILES string of the molecule is CC(=N[S+]([O-])C1CC(C)C1)C(F)(F)F. The van der Waals surface area contributed by atoms with Crippen molar-refractivity contribution in [1.82, 2.24) is 0 Å². The molecule has 0 bridgehead atoms. The first-order valence-corrected chi connectivity index (χ1v) is 5.51. The molecule has 1 saturated carbocycles. The molecule has 2 nitrogen and oxygen atoms in total. The van der Waals surface area contributed by atoms with E-state index in [4.69, 9.17) is 0 Å². The molecule has 0 heterocycles. The summed E-state index contributed by atoms with van der Waals surface area (Å²) in [7, 11) is 0. The van der Waals surface area contributed by atoms with Crippen molar-refractivity contribution in [3.8, 4) is 0 Å². The third-order valence-corrected chi connectivity index (χ3v) is 3.66. The fraction of sp³-hybridized carbons (Fsp3) is 0.875. The summed E-state index contributed by atoms with van der Waals surface area (Å²) in [5.41, 5.74) is -1.00. The van der Waals surface area contributed by atoms with E-state index in [1.54, 1.807) is 0 Å². The average Bonchev–Trinajstić information content (AvgIpc) is 1.96. The van der Waals surface area contributed by atoms with Crippen LogP contribution >= 0.6 is 0 Å². The third kappa shape index (κ3) is 2.88. The van der Waals surface area contributed by atoms with E-state index in [1.807, 2.05) is 6.92 Å². The lowest BCUT2D eigenvalue weighted by atomic mass is 9.87. The molecule has 0 saturated heterocycles. The second kappa shape index (κ2) is 4.10. The number of hydrogen-bond donors (Lipinski definition) is 0. The van der Waals surface area contributed by atoms with Gasteiger partial charge in [-0.25, -0.2) is 0 Å². The predicted octanol–water partition coefficient (Wildman–Crippen LogP) is 2.47. The van der Waals surface area contributed by atoms with Crippen molar-refractivity contribution in [2.24, 2.45) is 10.3 Å². The van der Waals surface area contributed by atoms with Gasteiger partial charge in [0.15, 0.2) is 5.71 Å². The van der Waals surface area contributed by atoms with Crippen LogP contribution in [-0.4, -0.2) is 21.7 Å². The van der Waals surface area contributed by atoms with Crippen molar-refractivity contribution in [1.29, 1.82) is 0 Å². The molecule has 1 aliphatic rings. The zero-order valence-corrected chi connectivity index (χ0v) is 8.78. The largest absolute Gasteiger partial charge is 0.591 e. The minimum absolute atomic E-state index is 0.178. The predicted molar refractivity (Wildman–Crippen MR) is 49.5 cm³/mol. The van der Waals surface area contributed by atoms with Crippen LogP contribution in [-0.2, 0) is 11.4 Å². The molecule has 0 spiro atoms. The van der Waals surface area contributed by atoms with Crippen LogP contribution in [0.5, 0.6) is 0 Å². The number of rotatable bonds is 2. The summed E-state index contributed by atoms with van der Waals surface area (Å²) in [6.45, 7) is 2.83. The van der Waals surface area contributed by atoms with E-state index in [9.17, 15) is 17.7 Å². The summed E-state index contributed by atoms with van der Waals surface area (Å²) in [4.78, 5) is 0. The van der Waals surface area contributed by atoms with E-state index >= 15 is 0 Å². The molecule has 82 valence electrons. The summed E-state index contributed by atoms with van der Waals surface area (Å²) in [5.74, 6) is 0.463. The fourth-order valence-corrected chi connectivity index (χ4v) is 2.76. The van der Waals surface area contributed by atoms with Gasteiger partial charge in [0.2, 0.25) is 0 Å². The molecule has 0 radical (unpaired) electrons. The number of nitrogens with zero attached hydrogens (tertiary/aromatic N) is 1. The second-order valence-electron chi connectivity index (χ2n) is 3.65. The van der Waals surface area contributed by atoms with Crippen molar-refractivity contribution in [2.75, 3.05) is 0 Å². The Morgan fingerprint density at radius 3 is 2.29 bits per heavy atom. The van der Waals surface area contributed by atoms with Crippen molar-refractivity contribution in [2.45, 2.75) is 38.1 Å². The fourth-order valence-electron chi connectivity index (χ4n) is 1.25. The molecular weight excluding hydrogens is 215 g/mol. The van der Waals surface area contributed by atoms with Gasteiger partial charge < -0.3 is 4.55 Å². The highest BCUT2D eigenvalue weighted by Crippen LogP contribution is 2.33. The van der Waals surface area contributed by atoms with Crippen molar-refractivity contribution >= 4 is 17.1 Å². The standard InChI is InChI=1S/C8H12F3NOS/c1-5-3-7(4-5)14(13)12-6(2)8(9,10)11/h5,7H,3-4H2,1-2H3. The summed E-state index contributed by atoms with van der Waals surface area (Å²) in [5, 5.41) is -0.178. The molecule has 1 atom stereocenters. The van der Waals surface area contributed by atoms with Gasteiger partial charge in [0, 0.05) is 12.8 Å². The zero-order valence-electron chi connectivity index (χ0n) is 7.97.